The molecule has 0 amide bonds. The molecular weight excluding hydrogens is 446 g/mol. The lowest BCUT2D eigenvalue weighted by atomic mass is 10.4. The third-order valence-electron chi connectivity index (χ3n) is 4.61. The summed E-state index contributed by atoms with van der Waals surface area (Å²) in [5.41, 5.74) is 0. The molecule has 5 heteroatoms. The molecule has 0 spiro atoms. The largest absolute Gasteiger partial charge is 0.0756 e. The van der Waals surface area contributed by atoms with Crippen LogP contribution in [-0.4, -0.2) is 0 Å². The summed E-state index contributed by atoms with van der Waals surface area (Å²) in [6, 6.07) is 42.1. The van der Waals surface area contributed by atoms with Crippen molar-refractivity contribution in [3.8, 4) is 0 Å². The van der Waals surface area contributed by atoms with E-state index in [1.54, 1.807) is 0 Å². The third-order valence-corrected chi connectivity index (χ3v) is 23.2. The lowest BCUT2D eigenvalue weighted by Crippen LogP contribution is -2.18. The van der Waals surface area contributed by atoms with Crippen molar-refractivity contribution in [1.82, 2.24) is 0 Å². The lowest BCUT2D eigenvalue weighted by Gasteiger charge is -2.31. The Labute approximate surface area is 186 Å². The van der Waals surface area contributed by atoms with Crippen molar-refractivity contribution < 1.29 is 0 Å². The van der Waals surface area contributed by atoms with Crippen molar-refractivity contribution >= 4 is 66.3 Å². The van der Waals surface area contributed by atoms with Gasteiger partial charge in [-0.1, -0.05) is 156 Å². The smallest absolute Gasteiger partial charge is 0.0667 e. The van der Waals surface area contributed by atoms with Gasteiger partial charge in [0.1, 0.15) is 0 Å². The first-order valence-electron chi connectivity index (χ1n) is 9.27. The highest BCUT2D eigenvalue weighted by Gasteiger charge is 2.33. The standard InChI is InChI=1S/C24H20P2S3/c27-25(21-13-5-1-6-14-21,22-15-7-2-8-16-22)29-26(28,23-17-9-3-10-18-23)24-19-11-4-12-20-24/h1-20H. The Bertz CT molecular complexity index is 980. The molecule has 0 bridgehead atoms. The lowest BCUT2D eigenvalue weighted by molar-refractivity contribution is 1.76. The van der Waals surface area contributed by atoms with Crippen LogP contribution in [0.4, 0.5) is 0 Å². The van der Waals surface area contributed by atoms with Gasteiger partial charge in [0.05, 0.1) is 10.5 Å². The summed E-state index contributed by atoms with van der Waals surface area (Å²) in [6.07, 6.45) is 0. The first-order chi connectivity index (χ1) is 14.1. The van der Waals surface area contributed by atoms with Crippen molar-refractivity contribution in [2.24, 2.45) is 0 Å². The van der Waals surface area contributed by atoms with E-state index < -0.39 is 10.5 Å². The highest BCUT2D eigenvalue weighted by molar-refractivity contribution is 9.03. The fourth-order valence-electron chi connectivity index (χ4n) is 3.15. The van der Waals surface area contributed by atoms with Crippen LogP contribution in [0.15, 0.2) is 121 Å². The molecule has 4 rings (SSSR count). The summed E-state index contributed by atoms with van der Waals surface area (Å²) in [5, 5.41) is 0.442. The monoisotopic (exact) mass is 466 g/mol. The summed E-state index contributed by atoms with van der Waals surface area (Å²) in [5.74, 6) is 0. The maximum absolute atomic E-state index is 6.52. The first kappa shape index (κ1) is 20.8. The highest BCUT2D eigenvalue weighted by Crippen LogP contribution is 2.75. The van der Waals surface area contributed by atoms with Crippen molar-refractivity contribution in [2.75, 3.05) is 0 Å². The minimum Gasteiger partial charge on any atom is -0.0756 e. The van der Waals surface area contributed by atoms with Crippen LogP contribution in [0.2, 0.25) is 0 Å². The Morgan fingerprint density at radius 3 is 0.793 bits per heavy atom. The van der Waals surface area contributed by atoms with E-state index in [0.717, 1.165) is 0 Å². The fraction of sp³-hybridized carbons (Fsp3) is 0. The van der Waals surface area contributed by atoms with E-state index >= 15 is 0 Å². The maximum atomic E-state index is 6.52. The molecule has 0 heterocycles. The van der Waals surface area contributed by atoms with Gasteiger partial charge in [0.15, 0.2) is 0 Å². The van der Waals surface area contributed by atoms with Gasteiger partial charge in [-0.15, -0.1) is 0 Å². The van der Waals surface area contributed by atoms with Gasteiger partial charge in [0.2, 0.25) is 0 Å². The Morgan fingerprint density at radius 2 is 0.586 bits per heavy atom. The van der Waals surface area contributed by atoms with Crippen LogP contribution in [0, 0.1) is 0 Å². The van der Waals surface area contributed by atoms with Crippen molar-refractivity contribution in [3.63, 3.8) is 0 Å². The van der Waals surface area contributed by atoms with Gasteiger partial charge in [-0.05, 0) is 21.2 Å². The molecular formula is C24H20P2S3. The average Bonchev–Trinajstić information content (AvgIpc) is 2.81. The molecule has 0 saturated carbocycles. The zero-order chi connectivity index (χ0) is 20.2. The summed E-state index contributed by atoms with van der Waals surface area (Å²) >= 11 is 14.9. The predicted molar refractivity (Wildman–Crippen MR) is 140 cm³/mol. The summed E-state index contributed by atoms with van der Waals surface area (Å²) in [7, 11) is 0. The van der Waals surface area contributed by atoms with E-state index in [9.17, 15) is 0 Å². The zero-order valence-electron chi connectivity index (χ0n) is 15.7. The molecule has 0 fully saturated rings. The molecule has 29 heavy (non-hydrogen) atoms. The van der Waals surface area contributed by atoms with Crippen molar-refractivity contribution in [1.29, 1.82) is 0 Å². The predicted octanol–water partition coefficient (Wildman–Crippen LogP) is 5.81. The quantitative estimate of drug-likeness (QED) is 0.329. The van der Waals surface area contributed by atoms with E-state index in [1.165, 1.54) is 21.2 Å². The second kappa shape index (κ2) is 9.13. The van der Waals surface area contributed by atoms with E-state index in [0.29, 0.717) is 0 Å². The van der Waals surface area contributed by atoms with Crippen LogP contribution in [0.25, 0.3) is 0 Å². The number of hydrogen-bond donors (Lipinski definition) is 0. The van der Waals surface area contributed by atoms with Crippen LogP contribution in [0.1, 0.15) is 0 Å². The Balaban J connectivity index is 1.93. The average molecular weight is 467 g/mol. The molecule has 0 aliphatic heterocycles. The minimum atomic E-state index is -2.18. The van der Waals surface area contributed by atoms with E-state index in [4.69, 9.17) is 23.6 Å². The molecule has 0 aliphatic rings. The Kier molecular flexibility index (Phi) is 6.54. The van der Waals surface area contributed by atoms with Gasteiger partial charge < -0.3 is 0 Å². The third kappa shape index (κ3) is 4.36. The molecule has 0 nitrogen and oxygen atoms in total. The van der Waals surface area contributed by atoms with Gasteiger partial charge >= 0.3 is 0 Å². The Hall–Kier alpha value is -1.47. The van der Waals surface area contributed by atoms with Gasteiger partial charge in [0, 0.05) is 0 Å². The molecule has 0 saturated heterocycles. The number of rotatable bonds is 6. The van der Waals surface area contributed by atoms with Crippen LogP contribution >= 0.6 is 21.5 Å². The fourth-order valence-corrected chi connectivity index (χ4v) is 24.6. The SMILES string of the molecule is S=P(SP(=S)(c1ccccc1)c1ccccc1)(c1ccccc1)c1ccccc1. The van der Waals surface area contributed by atoms with Gasteiger partial charge in [-0.3, -0.25) is 0 Å². The van der Waals surface area contributed by atoms with E-state index in [-0.39, 0.29) is 0 Å². The highest BCUT2D eigenvalue weighted by atomic mass is 33.2. The van der Waals surface area contributed by atoms with E-state index in [2.05, 4.69) is 97.1 Å². The van der Waals surface area contributed by atoms with Crippen molar-refractivity contribution in [3.05, 3.63) is 121 Å². The normalized spacial score (nSPS) is 11.9. The molecule has 0 N–H and O–H groups in total. The molecule has 144 valence electrons. The second-order valence-corrected chi connectivity index (χ2v) is 20.9. The summed E-state index contributed by atoms with van der Waals surface area (Å²) in [4.78, 5) is 0. The molecule has 0 aromatic heterocycles. The number of benzene rings is 4. The summed E-state index contributed by atoms with van der Waals surface area (Å²) in [6.45, 7) is 0. The molecule has 4 aromatic rings. The molecule has 0 unspecified atom stereocenters. The first-order valence-corrected chi connectivity index (χ1v) is 16.9. The molecule has 0 atom stereocenters. The zero-order valence-corrected chi connectivity index (χ0v) is 19.9. The maximum Gasteiger partial charge on any atom is 0.0667 e. The van der Waals surface area contributed by atoms with Gasteiger partial charge in [-0.25, -0.2) is 0 Å². The van der Waals surface area contributed by atoms with Crippen molar-refractivity contribution in [2.45, 2.75) is 0 Å². The Morgan fingerprint density at radius 1 is 0.379 bits per heavy atom. The van der Waals surface area contributed by atoms with Gasteiger partial charge in [0.25, 0.3) is 0 Å². The minimum absolute atomic E-state index is 1.20. The van der Waals surface area contributed by atoms with Crippen LogP contribution in [0.3, 0.4) is 0 Å². The summed E-state index contributed by atoms with van der Waals surface area (Å²) < 4.78 is 0. The number of hydrogen-bond acceptors (Lipinski definition) is 3. The second-order valence-electron chi connectivity index (χ2n) is 6.53. The van der Waals surface area contributed by atoms with Crippen LogP contribution < -0.4 is 21.2 Å². The molecule has 0 aliphatic carbocycles. The molecule has 4 aromatic carbocycles. The van der Waals surface area contributed by atoms with Crippen LogP contribution in [-0.2, 0) is 23.6 Å². The van der Waals surface area contributed by atoms with Crippen LogP contribution in [0.5, 0.6) is 0 Å². The van der Waals surface area contributed by atoms with E-state index in [1.807, 2.05) is 35.3 Å². The molecule has 0 radical (unpaired) electrons. The van der Waals surface area contributed by atoms with Gasteiger partial charge in [-0.2, -0.15) is 0 Å². The topological polar surface area (TPSA) is 0 Å².